The summed E-state index contributed by atoms with van der Waals surface area (Å²) in [5.41, 5.74) is 1.05. The van der Waals surface area contributed by atoms with Crippen molar-refractivity contribution in [1.29, 1.82) is 0 Å². The smallest absolute Gasteiger partial charge is 0.270 e. The van der Waals surface area contributed by atoms with Crippen LogP contribution in [0.1, 0.15) is 30.3 Å². The maximum absolute atomic E-state index is 12.5. The molecule has 2 bridgehead atoms. The molecular weight excluding hydrogens is 298 g/mol. The SMILES string of the molecule is C[C@H]1[C@H](NC(=O)c2cc3oc(S)cc3cn2)C2CCN1CC2. The molecule has 5 nitrogen and oxygen atoms in total. The molecule has 0 saturated carbocycles. The minimum atomic E-state index is -0.121. The number of rotatable bonds is 2. The Labute approximate surface area is 134 Å². The van der Waals surface area contributed by atoms with Crippen LogP contribution in [0.4, 0.5) is 0 Å². The van der Waals surface area contributed by atoms with E-state index in [0.29, 0.717) is 28.3 Å². The minimum Gasteiger partial charge on any atom is -0.450 e. The first-order valence-corrected chi connectivity index (χ1v) is 8.20. The number of hydrogen-bond acceptors (Lipinski definition) is 5. The van der Waals surface area contributed by atoms with Gasteiger partial charge in [0.25, 0.3) is 5.91 Å². The molecule has 3 fully saturated rings. The van der Waals surface area contributed by atoms with Gasteiger partial charge in [-0.1, -0.05) is 0 Å². The van der Waals surface area contributed by atoms with Gasteiger partial charge in [-0.2, -0.15) is 0 Å². The Morgan fingerprint density at radius 3 is 2.91 bits per heavy atom. The zero-order valence-electron chi connectivity index (χ0n) is 12.5. The number of nitrogens with zero attached hydrogens (tertiary/aromatic N) is 2. The third-order valence-corrected chi connectivity index (χ3v) is 5.32. The fourth-order valence-corrected chi connectivity index (χ4v) is 4.05. The molecule has 0 radical (unpaired) electrons. The Bertz CT molecular complexity index is 719. The van der Waals surface area contributed by atoms with Crippen LogP contribution in [0.2, 0.25) is 0 Å². The van der Waals surface area contributed by atoms with Crippen molar-refractivity contribution in [2.24, 2.45) is 5.92 Å². The molecule has 3 saturated heterocycles. The average Bonchev–Trinajstić information content (AvgIpc) is 2.90. The first-order chi connectivity index (χ1) is 10.6. The number of amides is 1. The molecule has 0 unspecified atom stereocenters. The zero-order chi connectivity index (χ0) is 15.3. The van der Waals surface area contributed by atoms with E-state index in [1.807, 2.05) is 0 Å². The van der Waals surface area contributed by atoms with Crippen LogP contribution in [-0.4, -0.2) is 41.0 Å². The van der Waals surface area contributed by atoms with Gasteiger partial charge >= 0.3 is 0 Å². The zero-order valence-corrected chi connectivity index (χ0v) is 13.3. The second-order valence-corrected chi connectivity index (χ2v) is 6.75. The number of furan rings is 1. The second kappa shape index (κ2) is 5.28. The molecule has 0 aliphatic carbocycles. The number of thiol groups is 1. The van der Waals surface area contributed by atoms with Crippen LogP contribution in [0.5, 0.6) is 0 Å². The van der Waals surface area contributed by atoms with Crippen LogP contribution in [0.3, 0.4) is 0 Å². The molecule has 0 spiro atoms. The second-order valence-electron chi connectivity index (χ2n) is 6.31. The van der Waals surface area contributed by atoms with Crippen molar-refractivity contribution in [3.63, 3.8) is 0 Å². The molecule has 1 amide bonds. The van der Waals surface area contributed by atoms with E-state index >= 15 is 0 Å². The number of piperidine rings is 3. The van der Waals surface area contributed by atoms with Crippen molar-refractivity contribution >= 4 is 29.5 Å². The fourth-order valence-electron chi connectivity index (χ4n) is 3.81. The number of aromatic nitrogens is 1. The van der Waals surface area contributed by atoms with Crippen molar-refractivity contribution in [2.75, 3.05) is 13.1 Å². The maximum atomic E-state index is 12.5. The van der Waals surface area contributed by atoms with Crippen molar-refractivity contribution in [3.8, 4) is 0 Å². The van der Waals surface area contributed by atoms with E-state index in [0.717, 1.165) is 18.5 Å². The average molecular weight is 317 g/mol. The van der Waals surface area contributed by atoms with Crippen LogP contribution in [0, 0.1) is 5.92 Å². The summed E-state index contributed by atoms with van der Waals surface area (Å²) in [5.74, 6) is 0.463. The lowest BCUT2D eigenvalue weighted by Gasteiger charge is -2.49. The van der Waals surface area contributed by atoms with Crippen LogP contribution in [-0.2, 0) is 0 Å². The first kappa shape index (κ1) is 14.1. The molecular formula is C16H19N3O2S. The summed E-state index contributed by atoms with van der Waals surface area (Å²) in [4.78, 5) is 19.2. The fraction of sp³-hybridized carbons (Fsp3) is 0.500. The van der Waals surface area contributed by atoms with Crippen molar-refractivity contribution in [3.05, 3.63) is 24.0 Å². The lowest BCUT2D eigenvalue weighted by Crippen LogP contribution is -2.62. The predicted octanol–water partition coefficient (Wildman–Crippen LogP) is 2.33. The van der Waals surface area contributed by atoms with Gasteiger partial charge in [0.05, 0.1) is 0 Å². The largest absolute Gasteiger partial charge is 0.450 e. The lowest BCUT2D eigenvalue weighted by molar-refractivity contribution is 0.0216. The van der Waals surface area contributed by atoms with E-state index in [1.165, 1.54) is 12.8 Å². The summed E-state index contributed by atoms with van der Waals surface area (Å²) in [6, 6.07) is 4.09. The first-order valence-electron chi connectivity index (χ1n) is 7.75. The quantitative estimate of drug-likeness (QED) is 0.835. The van der Waals surface area contributed by atoms with E-state index in [4.69, 9.17) is 4.42 Å². The van der Waals surface area contributed by atoms with Crippen LogP contribution in [0.15, 0.2) is 27.8 Å². The van der Waals surface area contributed by atoms with Gasteiger partial charge in [0.2, 0.25) is 0 Å². The Balaban J connectivity index is 1.55. The summed E-state index contributed by atoms with van der Waals surface area (Å²) in [5, 5.41) is 4.57. The van der Waals surface area contributed by atoms with Crippen LogP contribution in [0.25, 0.3) is 11.0 Å². The number of carbonyl (C=O) groups is 1. The molecule has 2 atom stereocenters. The van der Waals surface area contributed by atoms with Crippen LogP contribution >= 0.6 is 12.6 Å². The third kappa shape index (κ3) is 2.30. The lowest BCUT2D eigenvalue weighted by atomic mass is 9.79. The van der Waals surface area contributed by atoms with E-state index in [-0.39, 0.29) is 11.9 Å². The number of fused-ring (bicyclic) bond motifs is 4. The highest BCUT2D eigenvalue weighted by atomic mass is 32.1. The number of hydrogen-bond donors (Lipinski definition) is 2. The third-order valence-electron chi connectivity index (χ3n) is 5.10. The van der Waals surface area contributed by atoms with Crippen LogP contribution < -0.4 is 5.32 Å². The van der Waals surface area contributed by atoms with Gasteiger partial charge in [0, 0.05) is 29.7 Å². The normalized spacial score (nSPS) is 30.6. The van der Waals surface area contributed by atoms with Gasteiger partial charge in [0.1, 0.15) is 11.3 Å². The summed E-state index contributed by atoms with van der Waals surface area (Å²) in [6.45, 7) is 4.51. The number of carbonyl (C=O) groups excluding carboxylic acids is 1. The van der Waals surface area contributed by atoms with E-state index < -0.39 is 0 Å². The molecule has 3 aliphatic rings. The van der Waals surface area contributed by atoms with Crippen molar-refractivity contribution < 1.29 is 9.21 Å². The Hall–Kier alpha value is -1.53. The summed E-state index contributed by atoms with van der Waals surface area (Å²) in [6.07, 6.45) is 4.00. The van der Waals surface area contributed by atoms with Gasteiger partial charge in [0.15, 0.2) is 5.09 Å². The van der Waals surface area contributed by atoms with Gasteiger partial charge < -0.3 is 9.73 Å². The van der Waals surface area contributed by atoms with Gasteiger partial charge in [-0.25, -0.2) is 0 Å². The molecule has 1 N–H and O–H groups in total. The number of pyridine rings is 1. The molecule has 2 aromatic rings. The highest BCUT2D eigenvalue weighted by Crippen LogP contribution is 2.32. The Morgan fingerprint density at radius 2 is 2.18 bits per heavy atom. The van der Waals surface area contributed by atoms with E-state index in [2.05, 4.69) is 34.8 Å². The monoisotopic (exact) mass is 317 g/mol. The summed E-state index contributed by atoms with van der Waals surface area (Å²) in [7, 11) is 0. The Kier molecular flexibility index (Phi) is 3.38. The topological polar surface area (TPSA) is 58.4 Å². The molecule has 5 rings (SSSR count). The molecule has 6 heteroatoms. The predicted molar refractivity (Wildman–Crippen MR) is 86.3 cm³/mol. The van der Waals surface area contributed by atoms with E-state index in [1.54, 1.807) is 18.3 Å². The standard InChI is InChI=1S/C16H19N3O2S/c1-9-15(10-2-4-19(9)5-3-10)18-16(20)12-7-13-11(8-17-12)6-14(22)21-13/h6-10,15,22H,2-5H2,1H3,(H,18,20)/t9-,15-/m0/s1. The van der Waals surface area contributed by atoms with E-state index in [9.17, 15) is 4.79 Å². The highest BCUT2D eigenvalue weighted by molar-refractivity contribution is 7.80. The summed E-state index contributed by atoms with van der Waals surface area (Å²) < 4.78 is 5.46. The molecule has 116 valence electrons. The Morgan fingerprint density at radius 1 is 1.41 bits per heavy atom. The summed E-state index contributed by atoms with van der Waals surface area (Å²) >= 11 is 4.18. The van der Waals surface area contributed by atoms with Gasteiger partial charge in [-0.05, 0) is 44.8 Å². The maximum Gasteiger partial charge on any atom is 0.270 e. The molecule has 22 heavy (non-hydrogen) atoms. The van der Waals surface area contributed by atoms with Gasteiger partial charge in [-0.3, -0.25) is 14.7 Å². The van der Waals surface area contributed by atoms with Gasteiger partial charge in [-0.15, -0.1) is 12.6 Å². The molecule has 5 heterocycles. The molecule has 0 aromatic carbocycles. The molecule has 2 aromatic heterocycles. The molecule has 3 aliphatic heterocycles. The van der Waals surface area contributed by atoms with Crippen molar-refractivity contribution in [2.45, 2.75) is 36.9 Å². The minimum absolute atomic E-state index is 0.121. The highest BCUT2D eigenvalue weighted by Gasteiger charge is 2.40. The van der Waals surface area contributed by atoms with Crippen molar-refractivity contribution in [1.82, 2.24) is 15.2 Å². The number of nitrogens with one attached hydrogen (secondary N) is 1.